The average Bonchev–Trinajstić information content (AvgIpc) is 3.39. The fraction of sp³-hybridized carbons (Fsp3) is 0.421. The SMILES string of the molecule is Nc1ncnc2c1ncn2[C@@H]1O[C@H](CO[C@H]2CCc3ccccc32)[C@@H](O)[C@H]1O. The van der Waals surface area contributed by atoms with Gasteiger partial charge in [0.25, 0.3) is 0 Å². The molecule has 1 saturated heterocycles. The average molecular weight is 383 g/mol. The Bertz CT molecular complexity index is 1010. The summed E-state index contributed by atoms with van der Waals surface area (Å²) in [7, 11) is 0. The van der Waals surface area contributed by atoms with Gasteiger partial charge in [-0.2, -0.15) is 0 Å². The van der Waals surface area contributed by atoms with Crippen LogP contribution in [-0.4, -0.2) is 54.7 Å². The van der Waals surface area contributed by atoms with Crippen LogP contribution in [0.2, 0.25) is 0 Å². The maximum Gasteiger partial charge on any atom is 0.167 e. The van der Waals surface area contributed by atoms with Gasteiger partial charge in [0, 0.05) is 0 Å². The highest BCUT2D eigenvalue weighted by Crippen LogP contribution is 2.36. The zero-order chi connectivity index (χ0) is 19.3. The van der Waals surface area contributed by atoms with E-state index in [1.54, 1.807) is 4.57 Å². The Morgan fingerprint density at radius 3 is 2.93 bits per heavy atom. The highest BCUT2D eigenvalue weighted by Gasteiger charge is 2.44. The second-order valence-corrected chi connectivity index (χ2v) is 7.19. The second-order valence-electron chi connectivity index (χ2n) is 7.19. The zero-order valence-electron chi connectivity index (χ0n) is 15.0. The molecule has 3 heterocycles. The highest BCUT2D eigenvalue weighted by atomic mass is 16.6. The lowest BCUT2D eigenvalue weighted by Gasteiger charge is -2.19. The molecule has 4 N–H and O–H groups in total. The largest absolute Gasteiger partial charge is 0.387 e. The van der Waals surface area contributed by atoms with E-state index in [2.05, 4.69) is 27.1 Å². The summed E-state index contributed by atoms with van der Waals surface area (Å²) in [5, 5.41) is 21.0. The maximum absolute atomic E-state index is 10.5. The Morgan fingerprint density at radius 1 is 1.18 bits per heavy atom. The first-order valence-corrected chi connectivity index (χ1v) is 9.27. The van der Waals surface area contributed by atoms with Gasteiger partial charge in [0.05, 0.1) is 19.0 Å². The van der Waals surface area contributed by atoms with Crippen LogP contribution in [-0.2, 0) is 15.9 Å². The van der Waals surface area contributed by atoms with Gasteiger partial charge >= 0.3 is 0 Å². The number of aryl methyl sites for hydroxylation is 1. The van der Waals surface area contributed by atoms with E-state index in [1.807, 2.05) is 12.1 Å². The predicted octanol–water partition coefficient (Wildman–Crippen LogP) is 0.732. The Balaban J connectivity index is 1.32. The molecule has 2 aliphatic rings. The minimum absolute atomic E-state index is 0.0233. The molecule has 0 saturated carbocycles. The summed E-state index contributed by atoms with van der Waals surface area (Å²) in [4.78, 5) is 12.3. The van der Waals surface area contributed by atoms with Crippen molar-refractivity contribution in [2.75, 3.05) is 12.3 Å². The summed E-state index contributed by atoms with van der Waals surface area (Å²) in [5.74, 6) is 0.247. The van der Waals surface area contributed by atoms with Crippen molar-refractivity contribution in [1.29, 1.82) is 0 Å². The third kappa shape index (κ3) is 2.75. The van der Waals surface area contributed by atoms with Gasteiger partial charge in [0.15, 0.2) is 17.7 Å². The molecule has 1 aliphatic carbocycles. The number of aliphatic hydroxyl groups excluding tert-OH is 2. The number of aromatic nitrogens is 4. The Kier molecular flexibility index (Phi) is 4.24. The molecule has 0 bridgehead atoms. The van der Waals surface area contributed by atoms with Crippen molar-refractivity contribution < 1.29 is 19.7 Å². The lowest BCUT2D eigenvalue weighted by molar-refractivity contribution is -0.0813. The van der Waals surface area contributed by atoms with Gasteiger partial charge in [0.1, 0.15) is 30.2 Å². The number of benzene rings is 1. The van der Waals surface area contributed by atoms with Crippen molar-refractivity contribution in [2.45, 2.75) is 43.5 Å². The molecule has 9 nitrogen and oxygen atoms in total. The number of hydrogen-bond donors (Lipinski definition) is 3. The fourth-order valence-corrected chi connectivity index (χ4v) is 4.06. The van der Waals surface area contributed by atoms with Crippen LogP contribution < -0.4 is 5.73 Å². The van der Waals surface area contributed by atoms with Gasteiger partial charge in [0.2, 0.25) is 0 Å². The topological polar surface area (TPSA) is 129 Å². The smallest absolute Gasteiger partial charge is 0.167 e. The van der Waals surface area contributed by atoms with E-state index in [4.69, 9.17) is 15.2 Å². The number of anilines is 1. The first-order chi connectivity index (χ1) is 13.6. The molecule has 2 aromatic heterocycles. The van der Waals surface area contributed by atoms with Crippen LogP contribution in [0, 0.1) is 0 Å². The van der Waals surface area contributed by atoms with Crippen LogP contribution in [0.5, 0.6) is 0 Å². The number of ether oxygens (including phenoxy) is 2. The molecular weight excluding hydrogens is 362 g/mol. The lowest BCUT2D eigenvalue weighted by atomic mass is 10.1. The number of hydrogen-bond acceptors (Lipinski definition) is 8. The van der Waals surface area contributed by atoms with Crippen LogP contribution in [0.1, 0.15) is 29.9 Å². The van der Waals surface area contributed by atoms with E-state index in [0.29, 0.717) is 11.2 Å². The predicted molar refractivity (Wildman–Crippen MR) is 99.1 cm³/mol. The summed E-state index contributed by atoms with van der Waals surface area (Å²) < 4.78 is 13.5. The zero-order valence-corrected chi connectivity index (χ0v) is 15.0. The van der Waals surface area contributed by atoms with Gasteiger partial charge in [-0.05, 0) is 24.0 Å². The van der Waals surface area contributed by atoms with Gasteiger partial charge < -0.3 is 25.4 Å². The van der Waals surface area contributed by atoms with Gasteiger partial charge in [-0.3, -0.25) is 4.57 Å². The number of rotatable bonds is 4. The molecule has 5 rings (SSSR count). The van der Waals surface area contributed by atoms with Crippen molar-refractivity contribution in [1.82, 2.24) is 19.5 Å². The van der Waals surface area contributed by atoms with Gasteiger partial charge in [-0.15, -0.1) is 0 Å². The molecule has 1 aromatic carbocycles. The summed E-state index contributed by atoms with van der Waals surface area (Å²) in [6, 6.07) is 8.20. The van der Waals surface area contributed by atoms with E-state index < -0.39 is 24.5 Å². The monoisotopic (exact) mass is 383 g/mol. The lowest BCUT2D eigenvalue weighted by Crippen LogP contribution is -2.34. The molecule has 0 unspecified atom stereocenters. The molecule has 146 valence electrons. The fourth-order valence-electron chi connectivity index (χ4n) is 4.06. The van der Waals surface area contributed by atoms with Crippen LogP contribution in [0.3, 0.4) is 0 Å². The quantitative estimate of drug-likeness (QED) is 0.601. The molecule has 5 atom stereocenters. The summed E-state index contributed by atoms with van der Waals surface area (Å²) in [6.45, 7) is 0.178. The standard InChI is InChI=1S/C19H21N5O4/c20-17-14-18(22-8-21-17)24(9-23-14)19-16(26)15(25)13(28-19)7-27-12-6-5-10-3-1-2-4-11(10)12/h1-4,8-9,12-13,15-16,19,25-26H,5-7H2,(H2,20,21,22)/t12-,13+,15+,16+,19+/m0/s1. The molecule has 28 heavy (non-hydrogen) atoms. The van der Waals surface area contributed by atoms with Crippen LogP contribution in [0.15, 0.2) is 36.9 Å². The van der Waals surface area contributed by atoms with Crippen molar-refractivity contribution in [3.8, 4) is 0 Å². The number of aliphatic hydroxyl groups is 2. The molecular formula is C19H21N5O4. The van der Waals surface area contributed by atoms with Crippen molar-refractivity contribution >= 4 is 17.0 Å². The van der Waals surface area contributed by atoms with E-state index >= 15 is 0 Å². The minimum atomic E-state index is -1.14. The Hall–Kier alpha value is -2.59. The maximum atomic E-state index is 10.5. The molecule has 0 radical (unpaired) electrons. The van der Waals surface area contributed by atoms with Crippen LogP contribution in [0.4, 0.5) is 5.82 Å². The van der Waals surface area contributed by atoms with Gasteiger partial charge in [-0.25, -0.2) is 15.0 Å². The van der Waals surface area contributed by atoms with E-state index in [-0.39, 0.29) is 18.5 Å². The molecule has 1 fully saturated rings. The molecule has 1 aliphatic heterocycles. The third-order valence-corrected chi connectivity index (χ3v) is 5.54. The summed E-state index contributed by atoms with van der Waals surface area (Å²) in [6.07, 6.45) is 0.932. The van der Waals surface area contributed by atoms with E-state index in [0.717, 1.165) is 12.8 Å². The van der Waals surface area contributed by atoms with Crippen molar-refractivity contribution in [3.63, 3.8) is 0 Å². The van der Waals surface area contributed by atoms with Gasteiger partial charge in [-0.1, -0.05) is 24.3 Å². The third-order valence-electron chi connectivity index (χ3n) is 5.54. The summed E-state index contributed by atoms with van der Waals surface area (Å²) in [5.41, 5.74) is 9.15. The van der Waals surface area contributed by atoms with E-state index in [1.165, 1.54) is 23.8 Å². The number of nitrogen functional groups attached to an aromatic ring is 1. The molecule has 0 spiro atoms. The first-order valence-electron chi connectivity index (χ1n) is 9.27. The number of nitrogens with zero attached hydrogens (tertiary/aromatic N) is 4. The highest BCUT2D eigenvalue weighted by molar-refractivity contribution is 5.81. The molecule has 9 heteroatoms. The first kappa shape index (κ1) is 17.5. The van der Waals surface area contributed by atoms with Crippen LogP contribution >= 0.6 is 0 Å². The number of imidazole rings is 1. The Morgan fingerprint density at radius 2 is 2.04 bits per heavy atom. The second kappa shape index (κ2) is 6.78. The Labute approximate surface area is 160 Å². The molecule has 0 amide bonds. The van der Waals surface area contributed by atoms with Crippen molar-refractivity contribution in [2.24, 2.45) is 0 Å². The minimum Gasteiger partial charge on any atom is -0.387 e. The van der Waals surface area contributed by atoms with Crippen molar-refractivity contribution in [3.05, 3.63) is 48.0 Å². The summed E-state index contributed by atoms with van der Waals surface area (Å²) >= 11 is 0. The normalized spacial score (nSPS) is 29.4. The van der Waals surface area contributed by atoms with E-state index in [9.17, 15) is 10.2 Å². The van der Waals surface area contributed by atoms with Crippen LogP contribution in [0.25, 0.3) is 11.2 Å². The molecule has 3 aromatic rings. The number of nitrogens with two attached hydrogens (primary N) is 1. The number of fused-ring (bicyclic) bond motifs is 2.